The Morgan fingerprint density at radius 1 is 1.35 bits per heavy atom. The lowest BCUT2D eigenvalue weighted by molar-refractivity contribution is -0.0281. The summed E-state index contributed by atoms with van der Waals surface area (Å²) in [6.45, 7) is 2.71. The van der Waals surface area contributed by atoms with E-state index in [1.807, 2.05) is 4.57 Å². The molecule has 10 nitrogen and oxygen atoms in total. The van der Waals surface area contributed by atoms with Gasteiger partial charge in [0.15, 0.2) is 5.82 Å². The summed E-state index contributed by atoms with van der Waals surface area (Å²) in [6, 6.07) is 0. The van der Waals surface area contributed by atoms with Crippen LogP contribution in [0.25, 0.3) is 0 Å². The number of aromatic nitrogens is 4. The van der Waals surface area contributed by atoms with E-state index in [4.69, 9.17) is 9.47 Å². The molecule has 0 spiro atoms. The molecule has 0 bridgehead atoms. The number of carbonyl (C=O) groups is 1. The van der Waals surface area contributed by atoms with E-state index in [0.29, 0.717) is 38.6 Å². The zero-order valence-corrected chi connectivity index (χ0v) is 12.2. The minimum atomic E-state index is -0.642. The van der Waals surface area contributed by atoms with Crippen LogP contribution in [0.2, 0.25) is 0 Å². The van der Waals surface area contributed by atoms with E-state index in [-0.39, 0.29) is 18.3 Å². The second-order valence-corrected chi connectivity index (χ2v) is 5.35. The summed E-state index contributed by atoms with van der Waals surface area (Å²) in [5, 5.41) is 3.63. The van der Waals surface area contributed by atoms with Crippen LogP contribution in [0.15, 0.2) is 15.5 Å². The van der Waals surface area contributed by atoms with Gasteiger partial charge in [-0.1, -0.05) is 5.16 Å². The summed E-state index contributed by atoms with van der Waals surface area (Å²) >= 11 is 0. The molecule has 2 aliphatic rings. The quantitative estimate of drug-likeness (QED) is 0.778. The normalized spacial score (nSPS) is 21.2. The minimum absolute atomic E-state index is 0.121. The summed E-state index contributed by atoms with van der Waals surface area (Å²) in [5.41, 5.74) is 0.539. The topological polar surface area (TPSA) is 115 Å². The monoisotopic (exact) mass is 321 g/mol. The average molecular weight is 321 g/mol. The van der Waals surface area contributed by atoms with Crippen LogP contribution in [-0.4, -0.2) is 56.8 Å². The highest BCUT2D eigenvalue weighted by atomic mass is 16.5. The molecule has 1 saturated heterocycles. The van der Waals surface area contributed by atoms with Crippen molar-refractivity contribution >= 4 is 5.91 Å². The Kier molecular flexibility index (Phi) is 3.46. The highest BCUT2D eigenvalue weighted by Crippen LogP contribution is 2.21. The molecule has 0 aromatic carbocycles. The number of imidazole rings is 1. The Morgan fingerprint density at radius 2 is 2.26 bits per heavy atom. The van der Waals surface area contributed by atoms with E-state index >= 15 is 0 Å². The van der Waals surface area contributed by atoms with Gasteiger partial charge in [-0.15, -0.1) is 0 Å². The van der Waals surface area contributed by atoms with E-state index in [2.05, 4.69) is 19.6 Å². The molecule has 1 unspecified atom stereocenters. The molecule has 2 aromatic rings. The van der Waals surface area contributed by atoms with Crippen molar-refractivity contribution in [3.05, 3.63) is 34.1 Å². The molecule has 122 valence electrons. The lowest BCUT2D eigenvalue weighted by Crippen LogP contribution is -2.43. The van der Waals surface area contributed by atoms with Crippen LogP contribution < -0.4 is 5.76 Å². The van der Waals surface area contributed by atoms with Crippen molar-refractivity contribution in [1.82, 2.24) is 24.6 Å². The Hall–Kier alpha value is -2.46. The molecule has 1 amide bonds. The molecule has 4 heterocycles. The van der Waals surface area contributed by atoms with E-state index in [1.165, 1.54) is 0 Å². The van der Waals surface area contributed by atoms with Crippen molar-refractivity contribution in [1.29, 1.82) is 0 Å². The highest BCUT2D eigenvalue weighted by Gasteiger charge is 2.31. The third-order valence-corrected chi connectivity index (χ3v) is 3.96. The lowest BCUT2D eigenvalue weighted by Gasteiger charge is -2.32. The van der Waals surface area contributed by atoms with Crippen LogP contribution in [0.4, 0.5) is 0 Å². The summed E-state index contributed by atoms with van der Waals surface area (Å²) in [6.07, 6.45) is 1.07. The zero-order chi connectivity index (χ0) is 15.8. The number of nitrogens with zero attached hydrogens (tertiary/aromatic N) is 4. The number of fused-ring (bicyclic) bond motifs is 1. The Morgan fingerprint density at radius 3 is 3.09 bits per heavy atom. The van der Waals surface area contributed by atoms with Gasteiger partial charge in [0.1, 0.15) is 24.2 Å². The van der Waals surface area contributed by atoms with Gasteiger partial charge in [0.2, 0.25) is 0 Å². The number of aromatic amines is 1. The first-order valence-electron chi connectivity index (χ1n) is 7.31. The number of morpholine rings is 1. The molecule has 2 aromatic heterocycles. The van der Waals surface area contributed by atoms with Gasteiger partial charge in [-0.05, 0) is 0 Å². The largest absolute Gasteiger partial charge is 0.438 e. The van der Waals surface area contributed by atoms with Crippen molar-refractivity contribution < 1.29 is 18.8 Å². The maximum absolute atomic E-state index is 12.8. The van der Waals surface area contributed by atoms with E-state index in [9.17, 15) is 9.59 Å². The van der Waals surface area contributed by atoms with Gasteiger partial charge in [0.25, 0.3) is 5.91 Å². The van der Waals surface area contributed by atoms with Gasteiger partial charge >= 0.3 is 5.76 Å². The fraction of sp³-hybridized carbons (Fsp3) is 0.538. The van der Waals surface area contributed by atoms with Crippen LogP contribution in [0, 0.1) is 0 Å². The zero-order valence-electron chi connectivity index (χ0n) is 12.2. The summed E-state index contributed by atoms with van der Waals surface area (Å²) in [4.78, 5) is 32.2. The molecule has 4 rings (SSSR count). The van der Waals surface area contributed by atoms with Crippen molar-refractivity contribution in [3.63, 3.8) is 0 Å². The highest BCUT2D eigenvalue weighted by molar-refractivity contribution is 5.92. The van der Waals surface area contributed by atoms with Crippen LogP contribution in [-0.2, 0) is 22.6 Å². The summed E-state index contributed by atoms with van der Waals surface area (Å²) in [7, 11) is 0. The van der Waals surface area contributed by atoms with E-state index in [1.54, 1.807) is 11.1 Å². The molecule has 10 heteroatoms. The number of hydrogen-bond donors (Lipinski definition) is 1. The van der Waals surface area contributed by atoms with Crippen molar-refractivity contribution in [3.8, 4) is 0 Å². The van der Waals surface area contributed by atoms with Crippen molar-refractivity contribution in [2.45, 2.75) is 19.3 Å². The Labute approximate surface area is 130 Å². The number of nitrogens with one attached hydrogen (secondary N) is 1. The molecule has 1 atom stereocenters. The number of ether oxygens (including phenoxy) is 2. The first kappa shape index (κ1) is 14.2. The first-order chi connectivity index (χ1) is 11.2. The molecule has 0 saturated carbocycles. The lowest BCUT2D eigenvalue weighted by atomic mass is 10.2. The molecular weight excluding hydrogens is 306 g/mol. The SMILES string of the molecule is O=C(c1cnc2n1CCOC2)N1CCOC(c2noc(=O)[nH]2)C1. The number of hydrogen-bond acceptors (Lipinski definition) is 7. The molecule has 0 radical (unpaired) electrons. The van der Waals surface area contributed by atoms with Gasteiger partial charge in [0.05, 0.1) is 26.0 Å². The van der Waals surface area contributed by atoms with Crippen LogP contribution in [0.5, 0.6) is 0 Å². The van der Waals surface area contributed by atoms with Gasteiger partial charge in [-0.2, -0.15) is 0 Å². The fourth-order valence-electron chi connectivity index (χ4n) is 2.81. The van der Waals surface area contributed by atoms with Crippen LogP contribution in [0.3, 0.4) is 0 Å². The molecule has 23 heavy (non-hydrogen) atoms. The number of amides is 1. The van der Waals surface area contributed by atoms with Crippen molar-refractivity contribution in [2.24, 2.45) is 0 Å². The summed E-state index contributed by atoms with van der Waals surface area (Å²) < 4.78 is 17.3. The minimum Gasteiger partial charge on any atom is -0.372 e. The smallest absolute Gasteiger partial charge is 0.372 e. The summed E-state index contributed by atoms with van der Waals surface area (Å²) in [5.74, 6) is 0.281. The number of H-pyrrole nitrogens is 1. The second kappa shape index (κ2) is 5.63. The third-order valence-electron chi connectivity index (χ3n) is 3.96. The van der Waals surface area contributed by atoms with Gasteiger partial charge < -0.3 is 18.9 Å². The number of rotatable bonds is 2. The van der Waals surface area contributed by atoms with E-state index < -0.39 is 11.9 Å². The molecule has 0 aliphatic carbocycles. The van der Waals surface area contributed by atoms with Gasteiger partial charge in [-0.3, -0.25) is 14.3 Å². The van der Waals surface area contributed by atoms with Crippen LogP contribution >= 0.6 is 0 Å². The molecular formula is C13H15N5O5. The van der Waals surface area contributed by atoms with Gasteiger partial charge in [-0.25, -0.2) is 9.78 Å². The fourth-order valence-corrected chi connectivity index (χ4v) is 2.81. The predicted octanol–water partition coefficient (Wildman–Crippen LogP) is -0.697. The average Bonchev–Trinajstić information content (AvgIpc) is 3.20. The second-order valence-electron chi connectivity index (χ2n) is 5.35. The standard InChI is InChI=1S/C13H15N5O5/c19-12(8-5-14-10-7-21-3-2-18(8)10)17-1-4-22-9(6-17)11-15-13(20)23-16-11/h5,9H,1-4,6-7H2,(H,15,16,20). The van der Waals surface area contributed by atoms with Gasteiger partial charge in [0, 0.05) is 13.1 Å². The third kappa shape index (κ3) is 2.55. The van der Waals surface area contributed by atoms with E-state index in [0.717, 1.165) is 5.82 Å². The molecule has 1 N–H and O–H groups in total. The van der Waals surface area contributed by atoms with Crippen molar-refractivity contribution in [2.75, 3.05) is 26.3 Å². The molecule has 1 fully saturated rings. The Bertz CT molecular complexity index is 778. The maximum Gasteiger partial charge on any atom is 0.438 e. The maximum atomic E-state index is 12.8. The predicted molar refractivity (Wildman–Crippen MR) is 73.6 cm³/mol. The number of carbonyl (C=O) groups excluding carboxylic acids is 1. The van der Waals surface area contributed by atoms with Crippen LogP contribution in [0.1, 0.15) is 28.2 Å². The first-order valence-corrected chi connectivity index (χ1v) is 7.31. The Balaban J connectivity index is 1.54. The molecule has 2 aliphatic heterocycles.